The summed E-state index contributed by atoms with van der Waals surface area (Å²) in [6, 6.07) is 3.98. The maximum Gasteiger partial charge on any atom is 0.122 e. The molecule has 0 aliphatic heterocycles. The first-order chi connectivity index (χ1) is 9.04. The first kappa shape index (κ1) is 14.2. The Kier molecular flexibility index (Phi) is 4.37. The number of nitrogens with zero attached hydrogens (tertiary/aromatic N) is 3. The van der Waals surface area contributed by atoms with Gasteiger partial charge in [0.05, 0.1) is 11.9 Å². The summed E-state index contributed by atoms with van der Waals surface area (Å²) in [5, 5.41) is 18.4. The Bertz CT molecular complexity index is 557. The number of aliphatic hydroxyl groups excluding tert-OH is 1. The van der Waals surface area contributed by atoms with E-state index in [0.29, 0.717) is 0 Å². The summed E-state index contributed by atoms with van der Waals surface area (Å²) in [6.07, 6.45) is 1.90. The Balaban J connectivity index is 2.38. The van der Waals surface area contributed by atoms with E-state index in [2.05, 4.69) is 33.2 Å². The fourth-order valence-corrected chi connectivity index (χ4v) is 2.40. The van der Waals surface area contributed by atoms with Crippen LogP contribution in [0.5, 0.6) is 0 Å². The standard InChI is InChI=1S/C14H18BrN3O/c1-4-5-18-12(8-16-17-18)14(19)11-6-9(2)13(15)10(3)7-11/h6-8,14,19H,4-5H2,1-3H3. The Labute approximate surface area is 121 Å². The summed E-state index contributed by atoms with van der Waals surface area (Å²) in [5.41, 5.74) is 3.84. The molecule has 0 amide bonds. The van der Waals surface area contributed by atoms with E-state index in [9.17, 15) is 5.11 Å². The molecule has 4 nitrogen and oxygen atoms in total. The lowest BCUT2D eigenvalue weighted by molar-refractivity contribution is 0.207. The van der Waals surface area contributed by atoms with Crippen LogP contribution in [0.2, 0.25) is 0 Å². The quantitative estimate of drug-likeness (QED) is 0.940. The fraction of sp³-hybridized carbons (Fsp3) is 0.429. The number of hydrogen-bond donors (Lipinski definition) is 1. The molecule has 19 heavy (non-hydrogen) atoms. The number of hydrogen-bond acceptors (Lipinski definition) is 3. The smallest absolute Gasteiger partial charge is 0.122 e. The number of aryl methyl sites for hydroxylation is 3. The average molecular weight is 324 g/mol. The molecule has 0 aliphatic carbocycles. The van der Waals surface area contributed by atoms with Gasteiger partial charge in [0.15, 0.2) is 0 Å². The minimum atomic E-state index is -0.688. The molecule has 1 aromatic heterocycles. The second-order valence-corrected chi connectivity index (χ2v) is 5.55. The van der Waals surface area contributed by atoms with E-state index in [0.717, 1.165) is 39.8 Å². The largest absolute Gasteiger partial charge is 0.382 e. The highest BCUT2D eigenvalue weighted by Gasteiger charge is 2.17. The van der Waals surface area contributed by atoms with Crippen LogP contribution in [0.15, 0.2) is 22.8 Å². The number of aromatic nitrogens is 3. The summed E-state index contributed by atoms with van der Waals surface area (Å²) < 4.78 is 2.85. The van der Waals surface area contributed by atoms with Gasteiger partial charge in [0.25, 0.3) is 0 Å². The Morgan fingerprint density at radius 3 is 2.53 bits per heavy atom. The molecule has 0 saturated heterocycles. The molecule has 1 aromatic carbocycles. The summed E-state index contributed by atoms with van der Waals surface area (Å²) in [7, 11) is 0. The van der Waals surface area contributed by atoms with Crippen molar-refractivity contribution in [2.45, 2.75) is 39.8 Å². The summed E-state index contributed by atoms with van der Waals surface area (Å²) >= 11 is 3.54. The SMILES string of the molecule is CCCn1nncc1C(O)c1cc(C)c(Br)c(C)c1. The molecule has 0 saturated carbocycles. The molecule has 0 fully saturated rings. The average Bonchev–Trinajstić information content (AvgIpc) is 2.83. The maximum atomic E-state index is 10.5. The van der Waals surface area contributed by atoms with Gasteiger partial charge in [-0.15, -0.1) is 5.10 Å². The van der Waals surface area contributed by atoms with Crippen molar-refractivity contribution in [3.8, 4) is 0 Å². The Morgan fingerprint density at radius 2 is 1.95 bits per heavy atom. The fourth-order valence-electron chi connectivity index (χ4n) is 2.17. The topological polar surface area (TPSA) is 50.9 Å². The highest BCUT2D eigenvalue weighted by molar-refractivity contribution is 9.10. The van der Waals surface area contributed by atoms with Crippen molar-refractivity contribution in [2.75, 3.05) is 0 Å². The maximum absolute atomic E-state index is 10.5. The van der Waals surface area contributed by atoms with Crippen molar-refractivity contribution in [3.63, 3.8) is 0 Å². The second kappa shape index (κ2) is 5.84. The van der Waals surface area contributed by atoms with E-state index < -0.39 is 6.10 Å². The second-order valence-electron chi connectivity index (χ2n) is 4.75. The number of halogens is 1. The number of rotatable bonds is 4. The van der Waals surface area contributed by atoms with E-state index in [-0.39, 0.29) is 0 Å². The van der Waals surface area contributed by atoms with Crippen molar-refractivity contribution < 1.29 is 5.11 Å². The van der Waals surface area contributed by atoms with Crippen molar-refractivity contribution in [1.29, 1.82) is 0 Å². The van der Waals surface area contributed by atoms with E-state index in [1.165, 1.54) is 0 Å². The molecule has 0 spiro atoms. The van der Waals surface area contributed by atoms with Crippen LogP contribution in [0.25, 0.3) is 0 Å². The van der Waals surface area contributed by atoms with Crippen LogP contribution in [0.1, 0.15) is 41.8 Å². The van der Waals surface area contributed by atoms with Crippen LogP contribution in [0.3, 0.4) is 0 Å². The van der Waals surface area contributed by atoms with Gasteiger partial charge in [0, 0.05) is 11.0 Å². The van der Waals surface area contributed by atoms with E-state index >= 15 is 0 Å². The molecule has 1 atom stereocenters. The molecule has 1 unspecified atom stereocenters. The van der Waals surface area contributed by atoms with Crippen molar-refractivity contribution in [2.24, 2.45) is 0 Å². The predicted octanol–water partition coefficient (Wildman–Crippen LogP) is 3.15. The minimum absolute atomic E-state index is 0.688. The molecule has 102 valence electrons. The van der Waals surface area contributed by atoms with Crippen LogP contribution >= 0.6 is 15.9 Å². The third-order valence-corrected chi connectivity index (χ3v) is 4.39. The molecular formula is C14H18BrN3O. The van der Waals surface area contributed by atoms with Gasteiger partial charge in [0.1, 0.15) is 6.10 Å². The molecular weight excluding hydrogens is 306 g/mol. The zero-order valence-electron chi connectivity index (χ0n) is 11.4. The van der Waals surface area contributed by atoms with Crippen molar-refractivity contribution in [1.82, 2.24) is 15.0 Å². The zero-order chi connectivity index (χ0) is 14.0. The molecule has 1 N–H and O–H groups in total. The predicted molar refractivity (Wildman–Crippen MR) is 78.0 cm³/mol. The lowest BCUT2D eigenvalue weighted by Crippen LogP contribution is -2.10. The molecule has 0 radical (unpaired) electrons. The summed E-state index contributed by atoms with van der Waals surface area (Å²) in [5.74, 6) is 0. The highest BCUT2D eigenvalue weighted by atomic mass is 79.9. The summed E-state index contributed by atoms with van der Waals surface area (Å²) in [6.45, 7) is 6.89. The third-order valence-electron chi connectivity index (χ3n) is 3.14. The van der Waals surface area contributed by atoms with Gasteiger partial charge in [-0.05, 0) is 37.0 Å². The number of aliphatic hydroxyl groups is 1. The van der Waals surface area contributed by atoms with Crippen molar-refractivity contribution in [3.05, 3.63) is 45.2 Å². The molecule has 0 bridgehead atoms. The van der Waals surface area contributed by atoms with E-state index in [4.69, 9.17) is 0 Å². The third kappa shape index (κ3) is 2.87. The number of benzene rings is 1. The lowest BCUT2D eigenvalue weighted by Gasteiger charge is -2.15. The molecule has 0 aliphatic rings. The van der Waals surface area contributed by atoms with Crippen LogP contribution in [0, 0.1) is 13.8 Å². The molecule has 5 heteroatoms. The van der Waals surface area contributed by atoms with Crippen LogP contribution in [-0.4, -0.2) is 20.1 Å². The van der Waals surface area contributed by atoms with Crippen LogP contribution < -0.4 is 0 Å². The van der Waals surface area contributed by atoms with Gasteiger partial charge >= 0.3 is 0 Å². The Hall–Kier alpha value is -1.20. The van der Waals surface area contributed by atoms with Gasteiger partial charge in [-0.25, -0.2) is 4.68 Å². The van der Waals surface area contributed by atoms with Crippen molar-refractivity contribution >= 4 is 15.9 Å². The lowest BCUT2D eigenvalue weighted by atomic mass is 10.0. The van der Waals surface area contributed by atoms with Gasteiger partial charge in [-0.3, -0.25) is 0 Å². The van der Waals surface area contributed by atoms with Gasteiger partial charge < -0.3 is 5.11 Å². The molecule has 1 heterocycles. The monoisotopic (exact) mass is 323 g/mol. The Morgan fingerprint density at radius 1 is 1.32 bits per heavy atom. The van der Waals surface area contributed by atoms with E-state index in [1.54, 1.807) is 10.9 Å². The molecule has 2 aromatic rings. The summed E-state index contributed by atoms with van der Waals surface area (Å²) in [4.78, 5) is 0. The normalized spacial score (nSPS) is 12.7. The van der Waals surface area contributed by atoms with Gasteiger partial charge in [-0.1, -0.05) is 40.2 Å². The highest BCUT2D eigenvalue weighted by Crippen LogP contribution is 2.28. The first-order valence-corrected chi connectivity index (χ1v) is 7.17. The molecule has 2 rings (SSSR count). The van der Waals surface area contributed by atoms with E-state index in [1.807, 2.05) is 26.0 Å². The minimum Gasteiger partial charge on any atom is -0.382 e. The van der Waals surface area contributed by atoms with Gasteiger partial charge in [0.2, 0.25) is 0 Å². The van der Waals surface area contributed by atoms with Crippen LogP contribution in [-0.2, 0) is 6.54 Å². The van der Waals surface area contributed by atoms with Crippen LogP contribution in [0.4, 0.5) is 0 Å². The van der Waals surface area contributed by atoms with Gasteiger partial charge in [-0.2, -0.15) is 0 Å². The first-order valence-electron chi connectivity index (χ1n) is 6.37. The zero-order valence-corrected chi connectivity index (χ0v) is 13.0.